The molecule has 0 bridgehead atoms. The van der Waals surface area contributed by atoms with Crippen LogP contribution >= 0.6 is 0 Å². The van der Waals surface area contributed by atoms with Crippen LogP contribution in [-0.4, -0.2) is 33.9 Å². The summed E-state index contributed by atoms with van der Waals surface area (Å²) in [4.78, 5) is 11.7. The van der Waals surface area contributed by atoms with Gasteiger partial charge in [0.2, 0.25) is 5.91 Å². The normalized spacial score (nSPS) is 23.2. The molecule has 5 nitrogen and oxygen atoms in total. The summed E-state index contributed by atoms with van der Waals surface area (Å²) in [5.74, 6) is 0.472. The molecule has 1 amide bonds. The molecule has 0 saturated heterocycles. The molecule has 94 valence electrons. The number of carbonyl (C=O) groups is 1. The number of nitrogens with one attached hydrogen (secondary N) is 2. The molecular weight excluding hydrogens is 218 g/mol. The molecule has 1 aliphatic rings. The SMILES string of the molecule is Cc1n[nH]c(C)c1CC(=O)NCC1CC(O)C1. The van der Waals surface area contributed by atoms with Crippen molar-refractivity contribution in [3.8, 4) is 0 Å². The summed E-state index contributed by atoms with van der Waals surface area (Å²) in [6, 6.07) is 0. The Hall–Kier alpha value is -1.36. The Labute approximate surface area is 101 Å². The first-order valence-electron chi connectivity index (χ1n) is 6.01. The van der Waals surface area contributed by atoms with Gasteiger partial charge in [-0.05, 0) is 32.6 Å². The second-order valence-corrected chi connectivity index (χ2v) is 4.88. The van der Waals surface area contributed by atoms with Crippen molar-refractivity contribution in [2.45, 2.75) is 39.2 Å². The van der Waals surface area contributed by atoms with Crippen LogP contribution in [0.4, 0.5) is 0 Å². The Morgan fingerprint density at radius 1 is 1.53 bits per heavy atom. The zero-order valence-corrected chi connectivity index (χ0v) is 10.3. The molecule has 1 saturated carbocycles. The number of aliphatic hydroxyl groups excluding tert-OH is 1. The zero-order chi connectivity index (χ0) is 12.4. The average Bonchev–Trinajstić information content (AvgIpc) is 2.54. The van der Waals surface area contributed by atoms with Gasteiger partial charge in [-0.15, -0.1) is 0 Å². The van der Waals surface area contributed by atoms with Crippen molar-refractivity contribution >= 4 is 5.91 Å². The van der Waals surface area contributed by atoms with Crippen molar-refractivity contribution in [1.29, 1.82) is 0 Å². The van der Waals surface area contributed by atoms with Gasteiger partial charge in [-0.25, -0.2) is 0 Å². The lowest BCUT2D eigenvalue weighted by Crippen LogP contribution is -2.38. The van der Waals surface area contributed by atoms with E-state index in [0.29, 0.717) is 18.9 Å². The number of aryl methyl sites for hydroxylation is 2. The third-order valence-corrected chi connectivity index (χ3v) is 3.42. The van der Waals surface area contributed by atoms with Crippen LogP contribution in [0.2, 0.25) is 0 Å². The van der Waals surface area contributed by atoms with Crippen LogP contribution in [0.5, 0.6) is 0 Å². The maximum absolute atomic E-state index is 11.7. The number of rotatable bonds is 4. The standard InChI is InChI=1S/C12H19N3O2/c1-7-11(8(2)15-14-7)5-12(17)13-6-9-3-10(16)4-9/h9-10,16H,3-6H2,1-2H3,(H,13,17)(H,14,15). The van der Waals surface area contributed by atoms with Crippen molar-refractivity contribution in [2.75, 3.05) is 6.54 Å². The van der Waals surface area contributed by atoms with E-state index in [1.54, 1.807) is 0 Å². The number of hydrogen-bond acceptors (Lipinski definition) is 3. The summed E-state index contributed by atoms with van der Waals surface area (Å²) in [6.07, 6.45) is 1.84. The van der Waals surface area contributed by atoms with E-state index in [2.05, 4.69) is 15.5 Å². The fraction of sp³-hybridized carbons (Fsp3) is 0.667. The van der Waals surface area contributed by atoms with Crippen molar-refractivity contribution in [3.63, 3.8) is 0 Å². The minimum absolute atomic E-state index is 0.0268. The largest absolute Gasteiger partial charge is 0.393 e. The second kappa shape index (κ2) is 4.87. The molecule has 1 aromatic rings. The predicted octanol–water partition coefficient (Wildman–Crippen LogP) is 0.456. The van der Waals surface area contributed by atoms with Gasteiger partial charge in [0.25, 0.3) is 0 Å². The molecule has 0 aliphatic heterocycles. The molecule has 0 unspecified atom stereocenters. The maximum atomic E-state index is 11.7. The lowest BCUT2D eigenvalue weighted by molar-refractivity contribution is -0.121. The van der Waals surface area contributed by atoms with Crippen LogP contribution in [0, 0.1) is 19.8 Å². The van der Waals surface area contributed by atoms with Gasteiger partial charge in [-0.3, -0.25) is 9.89 Å². The number of hydrogen-bond donors (Lipinski definition) is 3. The van der Waals surface area contributed by atoms with Gasteiger partial charge < -0.3 is 10.4 Å². The van der Waals surface area contributed by atoms with Gasteiger partial charge in [-0.2, -0.15) is 5.10 Å². The molecule has 5 heteroatoms. The van der Waals surface area contributed by atoms with Crippen LogP contribution in [0.25, 0.3) is 0 Å². The maximum Gasteiger partial charge on any atom is 0.224 e. The molecule has 0 aromatic carbocycles. The smallest absolute Gasteiger partial charge is 0.224 e. The monoisotopic (exact) mass is 237 g/mol. The van der Waals surface area contributed by atoms with Gasteiger partial charge >= 0.3 is 0 Å². The Kier molecular flexibility index (Phi) is 3.47. The van der Waals surface area contributed by atoms with Crippen LogP contribution in [0.1, 0.15) is 29.8 Å². The number of amides is 1. The van der Waals surface area contributed by atoms with E-state index in [9.17, 15) is 4.79 Å². The summed E-state index contributed by atoms with van der Waals surface area (Å²) in [5, 5.41) is 19.0. The van der Waals surface area contributed by atoms with E-state index >= 15 is 0 Å². The summed E-state index contributed by atoms with van der Waals surface area (Å²) >= 11 is 0. The number of nitrogens with zero attached hydrogens (tertiary/aromatic N) is 1. The Morgan fingerprint density at radius 2 is 2.24 bits per heavy atom. The molecule has 1 heterocycles. The first-order valence-corrected chi connectivity index (χ1v) is 6.01. The van der Waals surface area contributed by atoms with Gasteiger partial charge in [0.1, 0.15) is 0 Å². The van der Waals surface area contributed by atoms with Gasteiger partial charge in [0.15, 0.2) is 0 Å². The third-order valence-electron chi connectivity index (χ3n) is 3.42. The molecule has 3 N–H and O–H groups in total. The van der Waals surface area contributed by atoms with Crippen molar-refractivity contribution in [3.05, 3.63) is 17.0 Å². The highest BCUT2D eigenvalue weighted by molar-refractivity contribution is 5.79. The van der Waals surface area contributed by atoms with Gasteiger partial charge in [0.05, 0.1) is 18.2 Å². The van der Waals surface area contributed by atoms with E-state index in [4.69, 9.17) is 5.11 Å². The summed E-state index contributed by atoms with van der Waals surface area (Å²) in [5.41, 5.74) is 2.82. The minimum Gasteiger partial charge on any atom is -0.393 e. The molecule has 0 spiro atoms. The van der Waals surface area contributed by atoms with Crippen LogP contribution in [-0.2, 0) is 11.2 Å². The molecule has 1 fully saturated rings. The number of H-pyrrole nitrogens is 1. The van der Waals surface area contributed by atoms with E-state index in [1.807, 2.05) is 13.8 Å². The van der Waals surface area contributed by atoms with Crippen LogP contribution in [0.3, 0.4) is 0 Å². The Bertz CT molecular complexity index is 388. The Morgan fingerprint density at radius 3 is 2.76 bits per heavy atom. The molecule has 0 atom stereocenters. The summed E-state index contributed by atoms with van der Waals surface area (Å²) < 4.78 is 0. The molecule has 1 aliphatic carbocycles. The zero-order valence-electron chi connectivity index (χ0n) is 10.3. The van der Waals surface area contributed by atoms with Crippen molar-refractivity contribution < 1.29 is 9.90 Å². The van der Waals surface area contributed by atoms with E-state index in [-0.39, 0.29) is 12.0 Å². The topological polar surface area (TPSA) is 78.0 Å². The molecule has 1 aromatic heterocycles. The van der Waals surface area contributed by atoms with Gasteiger partial charge in [0, 0.05) is 17.8 Å². The number of aliphatic hydroxyl groups is 1. The summed E-state index contributed by atoms with van der Waals surface area (Å²) in [6.45, 7) is 4.49. The number of aromatic amines is 1. The first-order chi connectivity index (χ1) is 8.06. The fourth-order valence-corrected chi connectivity index (χ4v) is 2.18. The van der Waals surface area contributed by atoms with Crippen LogP contribution in [0.15, 0.2) is 0 Å². The van der Waals surface area contributed by atoms with E-state index in [1.165, 1.54) is 0 Å². The third kappa shape index (κ3) is 2.85. The van der Waals surface area contributed by atoms with Crippen molar-refractivity contribution in [2.24, 2.45) is 5.92 Å². The lowest BCUT2D eigenvalue weighted by Gasteiger charge is -2.31. The fourth-order valence-electron chi connectivity index (χ4n) is 2.18. The number of carbonyl (C=O) groups excluding carboxylic acids is 1. The average molecular weight is 237 g/mol. The highest BCUT2D eigenvalue weighted by atomic mass is 16.3. The lowest BCUT2D eigenvalue weighted by atomic mass is 9.82. The van der Waals surface area contributed by atoms with E-state index in [0.717, 1.165) is 29.8 Å². The quantitative estimate of drug-likeness (QED) is 0.711. The number of aromatic nitrogens is 2. The Balaban J connectivity index is 1.77. The van der Waals surface area contributed by atoms with Crippen molar-refractivity contribution in [1.82, 2.24) is 15.5 Å². The highest BCUT2D eigenvalue weighted by Crippen LogP contribution is 2.26. The first kappa shape index (κ1) is 12.1. The predicted molar refractivity (Wildman–Crippen MR) is 63.5 cm³/mol. The molecule has 17 heavy (non-hydrogen) atoms. The molecular formula is C12H19N3O2. The van der Waals surface area contributed by atoms with Gasteiger partial charge in [-0.1, -0.05) is 0 Å². The highest BCUT2D eigenvalue weighted by Gasteiger charge is 2.27. The molecule has 2 rings (SSSR count). The van der Waals surface area contributed by atoms with E-state index < -0.39 is 0 Å². The molecule has 0 radical (unpaired) electrons. The minimum atomic E-state index is -0.157. The second-order valence-electron chi connectivity index (χ2n) is 4.88. The summed E-state index contributed by atoms with van der Waals surface area (Å²) in [7, 11) is 0. The van der Waals surface area contributed by atoms with Crippen LogP contribution < -0.4 is 5.32 Å².